The van der Waals surface area contributed by atoms with Crippen LogP contribution < -0.4 is 5.73 Å². The lowest BCUT2D eigenvalue weighted by atomic mass is 10.2. The summed E-state index contributed by atoms with van der Waals surface area (Å²) in [5, 5.41) is 9.72. The quantitative estimate of drug-likeness (QED) is 0.653. The van der Waals surface area contributed by atoms with Gasteiger partial charge in [0, 0.05) is 21.2 Å². The van der Waals surface area contributed by atoms with Gasteiger partial charge in [0.15, 0.2) is 5.58 Å². The molecule has 1 aliphatic carbocycles. The van der Waals surface area contributed by atoms with Crippen molar-refractivity contribution in [3.8, 4) is 11.5 Å². The average Bonchev–Trinajstić information content (AvgIpc) is 3.22. The van der Waals surface area contributed by atoms with Gasteiger partial charge in [-0.05, 0) is 49.2 Å². The lowest BCUT2D eigenvalue weighted by Crippen LogP contribution is -2.10. The number of halogens is 2. The number of hydrogen-bond acceptors (Lipinski definition) is 4. The number of oxazole rings is 1. The molecule has 7 heteroatoms. The number of carbonyl (C=O) groups excluding carboxylic acids is 1. The molecule has 0 radical (unpaired) electrons. The Morgan fingerprint density at radius 3 is 2.31 bits per heavy atom. The van der Waals surface area contributed by atoms with Crippen molar-refractivity contribution >= 4 is 40.2 Å². The molecule has 0 bridgehead atoms. The van der Waals surface area contributed by atoms with E-state index in [9.17, 15) is 4.79 Å². The molecule has 1 amide bonds. The fourth-order valence-corrected chi connectivity index (χ4v) is 3.31. The minimum atomic E-state index is -0.518. The van der Waals surface area contributed by atoms with Gasteiger partial charge in [-0.25, -0.2) is 4.98 Å². The van der Waals surface area contributed by atoms with Crippen LogP contribution in [0.3, 0.4) is 0 Å². The Kier molecular flexibility index (Phi) is 5.81. The summed E-state index contributed by atoms with van der Waals surface area (Å²) < 4.78 is 5.62. The summed E-state index contributed by atoms with van der Waals surface area (Å²) in [4.78, 5) is 15.5. The van der Waals surface area contributed by atoms with Crippen LogP contribution in [-0.4, -0.2) is 22.1 Å². The van der Waals surface area contributed by atoms with E-state index in [-0.39, 0.29) is 6.10 Å². The SMILES string of the molecule is NC(=O)c1ccc2nc(-c3cc(Cl)cc(Cl)c3)oc2c1.OC1CCCC1. The number of aliphatic hydroxyl groups excluding tert-OH is 1. The average molecular weight is 393 g/mol. The minimum Gasteiger partial charge on any atom is -0.436 e. The van der Waals surface area contributed by atoms with Crippen molar-refractivity contribution in [2.45, 2.75) is 31.8 Å². The first kappa shape index (κ1) is 18.7. The van der Waals surface area contributed by atoms with Gasteiger partial charge < -0.3 is 15.3 Å². The number of aliphatic hydroxyl groups is 1. The molecule has 26 heavy (non-hydrogen) atoms. The van der Waals surface area contributed by atoms with Gasteiger partial charge in [0.05, 0.1) is 6.10 Å². The Morgan fingerprint density at radius 1 is 1.12 bits per heavy atom. The van der Waals surface area contributed by atoms with E-state index in [0.29, 0.717) is 38.2 Å². The Hall–Kier alpha value is -2.08. The Balaban J connectivity index is 0.000000278. The molecular weight excluding hydrogens is 375 g/mol. The third kappa shape index (κ3) is 4.55. The highest BCUT2D eigenvalue weighted by molar-refractivity contribution is 6.35. The first-order valence-corrected chi connectivity index (χ1v) is 9.03. The molecular formula is C19H18Cl2N2O3. The highest BCUT2D eigenvalue weighted by Crippen LogP contribution is 2.29. The van der Waals surface area contributed by atoms with Gasteiger partial charge >= 0.3 is 0 Å². The second-order valence-corrected chi connectivity index (χ2v) is 7.04. The van der Waals surface area contributed by atoms with Gasteiger partial charge in [-0.3, -0.25) is 4.79 Å². The lowest BCUT2D eigenvalue weighted by Gasteiger charge is -1.97. The molecule has 136 valence electrons. The molecule has 1 heterocycles. The molecule has 2 aromatic carbocycles. The zero-order valence-electron chi connectivity index (χ0n) is 13.9. The predicted octanol–water partition coefficient (Wildman–Crippen LogP) is 4.82. The second kappa shape index (κ2) is 8.08. The number of amides is 1. The molecule has 3 aromatic rings. The molecule has 1 saturated carbocycles. The van der Waals surface area contributed by atoms with Crippen LogP contribution in [0.15, 0.2) is 40.8 Å². The fourth-order valence-electron chi connectivity index (χ4n) is 2.78. The van der Waals surface area contributed by atoms with Crippen LogP contribution in [0.2, 0.25) is 10.0 Å². The molecule has 0 saturated heterocycles. The summed E-state index contributed by atoms with van der Waals surface area (Å²) in [7, 11) is 0. The monoisotopic (exact) mass is 392 g/mol. The molecule has 1 aromatic heterocycles. The fraction of sp³-hybridized carbons (Fsp3) is 0.263. The molecule has 0 unspecified atom stereocenters. The van der Waals surface area contributed by atoms with Crippen LogP contribution in [0.1, 0.15) is 36.0 Å². The number of benzene rings is 2. The largest absolute Gasteiger partial charge is 0.436 e. The Bertz CT molecular complexity index is 913. The van der Waals surface area contributed by atoms with Crippen LogP contribution >= 0.6 is 23.2 Å². The van der Waals surface area contributed by atoms with Crippen molar-refractivity contribution in [2.24, 2.45) is 5.73 Å². The van der Waals surface area contributed by atoms with Crippen LogP contribution in [0, 0.1) is 0 Å². The van der Waals surface area contributed by atoms with Crippen molar-refractivity contribution in [3.05, 3.63) is 52.0 Å². The molecule has 1 fully saturated rings. The van der Waals surface area contributed by atoms with Crippen molar-refractivity contribution in [1.29, 1.82) is 0 Å². The summed E-state index contributed by atoms with van der Waals surface area (Å²) >= 11 is 11.9. The normalized spacial score (nSPS) is 14.3. The van der Waals surface area contributed by atoms with Crippen LogP contribution in [0.5, 0.6) is 0 Å². The molecule has 0 aliphatic heterocycles. The first-order valence-electron chi connectivity index (χ1n) is 8.27. The summed E-state index contributed by atoms with van der Waals surface area (Å²) in [5.41, 5.74) is 7.36. The van der Waals surface area contributed by atoms with Crippen molar-refractivity contribution in [2.75, 3.05) is 0 Å². The van der Waals surface area contributed by atoms with E-state index in [1.54, 1.807) is 36.4 Å². The first-order chi connectivity index (χ1) is 12.4. The molecule has 5 nitrogen and oxygen atoms in total. The number of carbonyl (C=O) groups is 1. The van der Waals surface area contributed by atoms with E-state index in [1.165, 1.54) is 12.8 Å². The smallest absolute Gasteiger partial charge is 0.248 e. The maximum absolute atomic E-state index is 11.1. The van der Waals surface area contributed by atoms with Gasteiger partial charge in [0.25, 0.3) is 0 Å². The standard InChI is InChI=1S/C14H8Cl2N2O2.C5H10O/c15-9-3-8(4-10(16)6-9)14-18-11-2-1-7(13(17)19)5-12(11)20-14;6-5-3-1-2-4-5/h1-6H,(H2,17,19);5-6H,1-4H2. The number of fused-ring (bicyclic) bond motifs is 1. The number of aromatic nitrogens is 1. The Labute approximate surface area is 160 Å². The van der Waals surface area contributed by atoms with Crippen molar-refractivity contribution in [3.63, 3.8) is 0 Å². The van der Waals surface area contributed by atoms with Gasteiger partial charge in [0.2, 0.25) is 11.8 Å². The summed E-state index contributed by atoms with van der Waals surface area (Å²) in [6, 6.07) is 9.86. The van der Waals surface area contributed by atoms with E-state index in [2.05, 4.69) is 4.98 Å². The van der Waals surface area contributed by atoms with Crippen molar-refractivity contribution in [1.82, 2.24) is 4.98 Å². The summed E-state index contributed by atoms with van der Waals surface area (Å²) in [6.07, 6.45) is 4.60. The number of nitrogens with two attached hydrogens (primary N) is 1. The number of rotatable bonds is 2. The van der Waals surface area contributed by atoms with Gasteiger partial charge in [0.1, 0.15) is 5.52 Å². The predicted molar refractivity (Wildman–Crippen MR) is 102 cm³/mol. The third-order valence-electron chi connectivity index (χ3n) is 4.11. The molecule has 0 atom stereocenters. The zero-order chi connectivity index (χ0) is 18.7. The molecule has 4 rings (SSSR count). The molecule has 0 spiro atoms. The van der Waals surface area contributed by atoms with E-state index in [1.807, 2.05) is 0 Å². The van der Waals surface area contributed by atoms with Crippen LogP contribution in [0.25, 0.3) is 22.6 Å². The zero-order valence-corrected chi connectivity index (χ0v) is 15.4. The highest BCUT2D eigenvalue weighted by Gasteiger charge is 2.12. The highest BCUT2D eigenvalue weighted by atomic mass is 35.5. The van der Waals surface area contributed by atoms with Gasteiger partial charge in [-0.1, -0.05) is 36.0 Å². The third-order valence-corrected chi connectivity index (χ3v) is 4.54. The van der Waals surface area contributed by atoms with E-state index >= 15 is 0 Å². The van der Waals surface area contributed by atoms with Crippen LogP contribution in [-0.2, 0) is 0 Å². The van der Waals surface area contributed by atoms with E-state index in [0.717, 1.165) is 12.8 Å². The minimum absolute atomic E-state index is 0.0463. The molecule has 3 N–H and O–H groups in total. The lowest BCUT2D eigenvalue weighted by molar-refractivity contribution is 0.100. The Morgan fingerprint density at radius 2 is 1.77 bits per heavy atom. The topological polar surface area (TPSA) is 89.4 Å². The number of hydrogen-bond donors (Lipinski definition) is 2. The maximum Gasteiger partial charge on any atom is 0.248 e. The number of primary amides is 1. The maximum atomic E-state index is 11.1. The van der Waals surface area contributed by atoms with Gasteiger partial charge in [-0.15, -0.1) is 0 Å². The number of nitrogens with zero attached hydrogens (tertiary/aromatic N) is 1. The van der Waals surface area contributed by atoms with Crippen LogP contribution in [0.4, 0.5) is 0 Å². The second-order valence-electron chi connectivity index (χ2n) is 6.16. The summed E-state index contributed by atoms with van der Waals surface area (Å²) in [5.74, 6) is -0.137. The molecule has 1 aliphatic rings. The summed E-state index contributed by atoms with van der Waals surface area (Å²) in [6.45, 7) is 0. The van der Waals surface area contributed by atoms with Gasteiger partial charge in [-0.2, -0.15) is 0 Å². The van der Waals surface area contributed by atoms with E-state index < -0.39 is 5.91 Å². The van der Waals surface area contributed by atoms with E-state index in [4.69, 9.17) is 38.5 Å². The van der Waals surface area contributed by atoms with Crippen molar-refractivity contribution < 1.29 is 14.3 Å².